The molecular formula is C10H13NO2. The van der Waals surface area contributed by atoms with E-state index in [1.807, 2.05) is 13.0 Å². The molecule has 1 unspecified atom stereocenters. The van der Waals surface area contributed by atoms with Crippen LogP contribution < -0.4 is 10.5 Å². The molecule has 0 bridgehead atoms. The number of benzene rings is 1. The molecule has 1 aromatic carbocycles. The normalized spacial score (nSPS) is 12.2. The van der Waals surface area contributed by atoms with Crippen molar-refractivity contribution < 1.29 is 9.53 Å². The molecule has 3 heteroatoms. The molecule has 0 spiro atoms. The van der Waals surface area contributed by atoms with E-state index < -0.39 is 0 Å². The first-order chi connectivity index (χ1) is 6.19. The smallest absolute Gasteiger partial charge is 0.150 e. The summed E-state index contributed by atoms with van der Waals surface area (Å²) < 4.78 is 4.99. The van der Waals surface area contributed by atoms with E-state index in [0.717, 1.165) is 11.8 Å². The Balaban J connectivity index is 3.15. The number of ether oxygens (including phenoxy) is 1. The van der Waals surface area contributed by atoms with Crippen molar-refractivity contribution in [2.24, 2.45) is 5.73 Å². The van der Waals surface area contributed by atoms with E-state index in [4.69, 9.17) is 10.5 Å². The zero-order valence-electron chi connectivity index (χ0n) is 7.78. The Morgan fingerprint density at radius 3 is 2.69 bits per heavy atom. The van der Waals surface area contributed by atoms with Gasteiger partial charge in [-0.05, 0) is 24.6 Å². The van der Waals surface area contributed by atoms with Crippen LogP contribution in [0.2, 0.25) is 0 Å². The van der Waals surface area contributed by atoms with Crippen LogP contribution in [0.5, 0.6) is 5.75 Å². The maximum Gasteiger partial charge on any atom is 0.150 e. The predicted molar refractivity (Wildman–Crippen MR) is 51.0 cm³/mol. The Hall–Kier alpha value is -1.35. The van der Waals surface area contributed by atoms with E-state index >= 15 is 0 Å². The number of carbonyl (C=O) groups is 1. The highest BCUT2D eigenvalue weighted by Crippen LogP contribution is 2.20. The third kappa shape index (κ3) is 2.06. The lowest BCUT2D eigenvalue weighted by Gasteiger charge is -2.09. The van der Waals surface area contributed by atoms with E-state index in [1.54, 1.807) is 19.2 Å². The summed E-state index contributed by atoms with van der Waals surface area (Å²) in [4.78, 5) is 10.7. The largest absolute Gasteiger partial charge is 0.497 e. The SMILES string of the molecule is COc1ccc(C(C)N)c(C=O)c1. The number of rotatable bonds is 3. The van der Waals surface area contributed by atoms with Crippen LogP contribution in [0.3, 0.4) is 0 Å². The summed E-state index contributed by atoms with van der Waals surface area (Å²) in [5, 5.41) is 0. The van der Waals surface area contributed by atoms with Crippen molar-refractivity contribution in [2.75, 3.05) is 7.11 Å². The fourth-order valence-corrected chi connectivity index (χ4v) is 1.20. The summed E-state index contributed by atoms with van der Waals surface area (Å²) in [6.45, 7) is 1.84. The lowest BCUT2D eigenvalue weighted by molar-refractivity contribution is 0.112. The Morgan fingerprint density at radius 2 is 2.23 bits per heavy atom. The maximum absolute atomic E-state index is 10.7. The molecule has 0 fully saturated rings. The van der Waals surface area contributed by atoms with Gasteiger partial charge in [0.05, 0.1) is 7.11 Å². The third-order valence-electron chi connectivity index (χ3n) is 1.91. The van der Waals surface area contributed by atoms with Crippen LogP contribution >= 0.6 is 0 Å². The average molecular weight is 179 g/mol. The molecule has 1 rings (SSSR count). The highest BCUT2D eigenvalue weighted by Gasteiger charge is 2.06. The van der Waals surface area contributed by atoms with Gasteiger partial charge in [-0.25, -0.2) is 0 Å². The van der Waals surface area contributed by atoms with Gasteiger partial charge < -0.3 is 10.5 Å². The van der Waals surface area contributed by atoms with Gasteiger partial charge in [0.1, 0.15) is 5.75 Å². The van der Waals surface area contributed by atoms with Crippen molar-refractivity contribution in [3.63, 3.8) is 0 Å². The Kier molecular flexibility index (Phi) is 3.03. The van der Waals surface area contributed by atoms with E-state index in [1.165, 1.54) is 0 Å². The first-order valence-corrected chi connectivity index (χ1v) is 4.07. The number of aldehydes is 1. The quantitative estimate of drug-likeness (QED) is 0.716. The predicted octanol–water partition coefficient (Wildman–Crippen LogP) is 1.53. The molecule has 70 valence electrons. The molecule has 0 aliphatic heterocycles. The zero-order valence-corrected chi connectivity index (χ0v) is 7.78. The summed E-state index contributed by atoms with van der Waals surface area (Å²) in [5.74, 6) is 0.673. The van der Waals surface area contributed by atoms with Crippen LogP contribution in [0.4, 0.5) is 0 Å². The number of carbonyl (C=O) groups excluding carboxylic acids is 1. The van der Waals surface area contributed by atoms with Crippen molar-refractivity contribution in [1.82, 2.24) is 0 Å². The molecule has 3 nitrogen and oxygen atoms in total. The number of nitrogens with two attached hydrogens (primary N) is 1. The molecular weight excluding hydrogens is 166 g/mol. The van der Waals surface area contributed by atoms with Crippen molar-refractivity contribution >= 4 is 6.29 Å². The van der Waals surface area contributed by atoms with Gasteiger partial charge in [0.2, 0.25) is 0 Å². The minimum Gasteiger partial charge on any atom is -0.497 e. The molecule has 0 amide bonds. The van der Waals surface area contributed by atoms with Crippen LogP contribution in [0, 0.1) is 0 Å². The Morgan fingerprint density at radius 1 is 1.54 bits per heavy atom. The van der Waals surface area contributed by atoms with Gasteiger partial charge >= 0.3 is 0 Å². The fraction of sp³-hybridized carbons (Fsp3) is 0.300. The molecule has 0 saturated heterocycles. The van der Waals surface area contributed by atoms with Gasteiger partial charge in [0.25, 0.3) is 0 Å². The van der Waals surface area contributed by atoms with Crippen LogP contribution in [-0.4, -0.2) is 13.4 Å². The van der Waals surface area contributed by atoms with Gasteiger partial charge in [0.15, 0.2) is 6.29 Å². The Bertz CT molecular complexity index is 308. The molecule has 1 aromatic rings. The number of hydrogen-bond acceptors (Lipinski definition) is 3. The van der Waals surface area contributed by atoms with Crippen molar-refractivity contribution in [2.45, 2.75) is 13.0 Å². The summed E-state index contributed by atoms with van der Waals surface area (Å²) >= 11 is 0. The van der Waals surface area contributed by atoms with Crippen LogP contribution in [0.15, 0.2) is 18.2 Å². The van der Waals surface area contributed by atoms with Gasteiger partial charge in [-0.2, -0.15) is 0 Å². The monoisotopic (exact) mass is 179 g/mol. The molecule has 13 heavy (non-hydrogen) atoms. The zero-order chi connectivity index (χ0) is 9.84. The van der Waals surface area contributed by atoms with Gasteiger partial charge in [-0.3, -0.25) is 4.79 Å². The molecule has 0 aliphatic rings. The van der Waals surface area contributed by atoms with Gasteiger partial charge in [-0.1, -0.05) is 6.07 Å². The second-order valence-electron chi connectivity index (χ2n) is 2.90. The van der Waals surface area contributed by atoms with Crippen LogP contribution in [0.25, 0.3) is 0 Å². The number of methoxy groups -OCH3 is 1. The van der Waals surface area contributed by atoms with Gasteiger partial charge in [-0.15, -0.1) is 0 Å². The lowest BCUT2D eigenvalue weighted by atomic mass is 10.0. The molecule has 0 aliphatic carbocycles. The highest BCUT2D eigenvalue weighted by molar-refractivity contribution is 5.78. The minimum absolute atomic E-state index is 0.133. The summed E-state index contributed by atoms with van der Waals surface area (Å²) in [6, 6.07) is 5.16. The fourth-order valence-electron chi connectivity index (χ4n) is 1.20. The van der Waals surface area contributed by atoms with Crippen LogP contribution in [-0.2, 0) is 0 Å². The molecule has 1 atom stereocenters. The van der Waals surface area contributed by atoms with Gasteiger partial charge in [0, 0.05) is 11.6 Å². The maximum atomic E-state index is 10.7. The first-order valence-electron chi connectivity index (χ1n) is 4.07. The molecule has 0 aromatic heterocycles. The molecule has 0 saturated carbocycles. The molecule has 2 N–H and O–H groups in total. The van der Waals surface area contributed by atoms with E-state index in [0.29, 0.717) is 11.3 Å². The first kappa shape index (κ1) is 9.74. The summed E-state index contributed by atoms with van der Waals surface area (Å²) in [5.41, 5.74) is 7.12. The topological polar surface area (TPSA) is 52.3 Å². The Labute approximate surface area is 77.5 Å². The van der Waals surface area contributed by atoms with Crippen molar-refractivity contribution in [1.29, 1.82) is 0 Å². The summed E-state index contributed by atoms with van der Waals surface area (Å²) in [6.07, 6.45) is 0.793. The molecule has 0 radical (unpaired) electrons. The lowest BCUT2D eigenvalue weighted by Crippen LogP contribution is -2.08. The van der Waals surface area contributed by atoms with Crippen LogP contribution in [0.1, 0.15) is 28.9 Å². The summed E-state index contributed by atoms with van der Waals surface area (Å²) in [7, 11) is 1.56. The van der Waals surface area contributed by atoms with E-state index in [-0.39, 0.29) is 6.04 Å². The number of hydrogen-bond donors (Lipinski definition) is 1. The standard InChI is InChI=1S/C10H13NO2/c1-7(11)10-4-3-9(13-2)5-8(10)6-12/h3-7H,11H2,1-2H3. The average Bonchev–Trinajstić information content (AvgIpc) is 2.16. The van der Waals surface area contributed by atoms with Crippen molar-refractivity contribution in [3.05, 3.63) is 29.3 Å². The van der Waals surface area contributed by atoms with E-state index in [9.17, 15) is 4.79 Å². The minimum atomic E-state index is -0.133. The second kappa shape index (κ2) is 4.05. The van der Waals surface area contributed by atoms with Crippen molar-refractivity contribution in [3.8, 4) is 5.75 Å². The van der Waals surface area contributed by atoms with E-state index in [2.05, 4.69) is 0 Å². The highest BCUT2D eigenvalue weighted by atomic mass is 16.5. The second-order valence-corrected chi connectivity index (χ2v) is 2.90. The third-order valence-corrected chi connectivity index (χ3v) is 1.91. The molecule has 0 heterocycles.